The Morgan fingerprint density at radius 1 is 1.56 bits per heavy atom. The molecule has 2 rings (SSSR count). The number of aliphatic hydroxyl groups excluding tert-OH is 1. The first kappa shape index (κ1) is 13.5. The van der Waals surface area contributed by atoms with E-state index in [1.807, 2.05) is 0 Å². The first-order valence-corrected chi connectivity index (χ1v) is 6.48. The zero-order valence-corrected chi connectivity index (χ0v) is 11.4. The van der Waals surface area contributed by atoms with Crippen LogP contribution in [0.3, 0.4) is 0 Å². The van der Waals surface area contributed by atoms with Crippen molar-refractivity contribution in [2.45, 2.75) is 38.8 Å². The molecular formula is C13H23N3O2. The van der Waals surface area contributed by atoms with Crippen molar-refractivity contribution in [2.75, 3.05) is 26.3 Å². The molecule has 0 amide bonds. The number of nitrogens with zero attached hydrogens (tertiary/aromatic N) is 2. The zero-order chi connectivity index (χ0) is 13.2. The third kappa shape index (κ3) is 3.54. The van der Waals surface area contributed by atoms with Crippen LogP contribution in [0.1, 0.15) is 32.2 Å². The Hall–Kier alpha value is -0.910. The van der Waals surface area contributed by atoms with Gasteiger partial charge in [-0.3, -0.25) is 10.00 Å². The predicted molar refractivity (Wildman–Crippen MR) is 69.4 cm³/mol. The summed E-state index contributed by atoms with van der Waals surface area (Å²) in [5.74, 6) is 0. The van der Waals surface area contributed by atoms with Gasteiger partial charge >= 0.3 is 0 Å². The first-order valence-electron chi connectivity index (χ1n) is 6.48. The molecule has 0 aliphatic carbocycles. The Balaban J connectivity index is 1.98. The van der Waals surface area contributed by atoms with Crippen molar-refractivity contribution in [3.63, 3.8) is 0 Å². The molecule has 0 bridgehead atoms. The Morgan fingerprint density at radius 2 is 2.33 bits per heavy atom. The molecule has 5 nitrogen and oxygen atoms in total. The third-order valence-electron chi connectivity index (χ3n) is 3.12. The molecule has 1 aromatic heterocycles. The summed E-state index contributed by atoms with van der Waals surface area (Å²) in [5.41, 5.74) is 2.23. The van der Waals surface area contributed by atoms with Gasteiger partial charge in [-0.15, -0.1) is 0 Å². The maximum Gasteiger partial charge on any atom is 0.0900 e. The van der Waals surface area contributed by atoms with Gasteiger partial charge < -0.3 is 9.84 Å². The van der Waals surface area contributed by atoms with Crippen molar-refractivity contribution in [3.05, 3.63) is 17.5 Å². The fraction of sp³-hybridized carbons (Fsp3) is 0.769. The molecule has 1 fully saturated rings. The molecule has 102 valence electrons. The highest BCUT2D eigenvalue weighted by Gasteiger charge is 2.20. The van der Waals surface area contributed by atoms with Gasteiger partial charge in [-0.25, -0.2) is 0 Å². The normalized spacial score (nSPS) is 23.0. The van der Waals surface area contributed by atoms with E-state index in [0.29, 0.717) is 19.8 Å². The molecule has 0 aromatic carbocycles. The molecule has 1 aliphatic rings. The molecule has 2 heterocycles. The molecule has 0 unspecified atom stereocenters. The molecule has 5 heteroatoms. The van der Waals surface area contributed by atoms with Gasteiger partial charge in [0.15, 0.2) is 0 Å². The van der Waals surface area contributed by atoms with Gasteiger partial charge in [0, 0.05) is 30.7 Å². The van der Waals surface area contributed by atoms with E-state index >= 15 is 0 Å². The van der Waals surface area contributed by atoms with Crippen LogP contribution in [0, 0.1) is 0 Å². The lowest BCUT2D eigenvalue weighted by atomic mass is 9.92. The van der Waals surface area contributed by atoms with Crippen LogP contribution in [0.15, 0.2) is 6.07 Å². The minimum atomic E-state index is -0.391. The van der Waals surface area contributed by atoms with Gasteiger partial charge in [0.1, 0.15) is 0 Å². The Bertz CT molecular complexity index is 384. The maximum atomic E-state index is 9.68. The minimum Gasteiger partial charge on any atom is -0.389 e. The molecule has 2 N–H and O–H groups in total. The molecule has 18 heavy (non-hydrogen) atoms. The topological polar surface area (TPSA) is 61.4 Å². The van der Waals surface area contributed by atoms with Gasteiger partial charge in [-0.1, -0.05) is 20.8 Å². The number of ether oxygens (including phenoxy) is 1. The number of hydrogen-bond donors (Lipinski definition) is 2. The molecular weight excluding hydrogens is 230 g/mol. The van der Waals surface area contributed by atoms with E-state index in [0.717, 1.165) is 24.5 Å². The lowest BCUT2D eigenvalue weighted by Crippen LogP contribution is -2.32. The van der Waals surface area contributed by atoms with Gasteiger partial charge in [-0.2, -0.15) is 5.10 Å². The number of H-pyrrole nitrogens is 1. The fourth-order valence-corrected chi connectivity index (χ4v) is 2.07. The van der Waals surface area contributed by atoms with E-state index in [1.165, 1.54) is 0 Å². The summed E-state index contributed by atoms with van der Waals surface area (Å²) in [4.78, 5) is 2.19. The highest BCUT2D eigenvalue weighted by atomic mass is 16.5. The monoisotopic (exact) mass is 253 g/mol. The van der Waals surface area contributed by atoms with Crippen molar-refractivity contribution in [3.8, 4) is 0 Å². The lowest BCUT2D eigenvalue weighted by Gasteiger charge is -2.19. The van der Waals surface area contributed by atoms with E-state index in [2.05, 4.69) is 41.9 Å². The maximum absolute atomic E-state index is 9.68. The number of nitrogens with one attached hydrogen (secondary N) is 1. The van der Waals surface area contributed by atoms with E-state index in [1.54, 1.807) is 0 Å². The van der Waals surface area contributed by atoms with Crippen LogP contribution >= 0.6 is 0 Å². The second-order valence-electron chi connectivity index (χ2n) is 5.99. The van der Waals surface area contributed by atoms with E-state index < -0.39 is 6.10 Å². The fourth-order valence-electron chi connectivity index (χ4n) is 2.07. The summed E-state index contributed by atoms with van der Waals surface area (Å²) in [5, 5.41) is 17.1. The number of aliphatic hydroxyl groups is 1. The quantitative estimate of drug-likeness (QED) is 0.822. The average molecular weight is 253 g/mol. The zero-order valence-electron chi connectivity index (χ0n) is 11.4. The van der Waals surface area contributed by atoms with Crippen LogP contribution in [0.2, 0.25) is 0 Å². The van der Waals surface area contributed by atoms with Gasteiger partial charge in [-0.05, 0) is 6.07 Å². The molecule has 1 aromatic rings. The third-order valence-corrected chi connectivity index (χ3v) is 3.12. The van der Waals surface area contributed by atoms with Crippen LogP contribution in [-0.2, 0) is 16.7 Å². The number of aromatic nitrogens is 2. The highest BCUT2D eigenvalue weighted by Crippen LogP contribution is 2.20. The second kappa shape index (κ2) is 5.38. The smallest absolute Gasteiger partial charge is 0.0900 e. The summed E-state index contributed by atoms with van der Waals surface area (Å²) in [6.07, 6.45) is -0.391. The van der Waals surface area contributed by atoms with Crippen molar-refractivity contribution >= 4 is 0 Å². The number of aromatic amines is 1. The summed E-state index contributed by atoms with van der Waals surface area (Å²) >= 11 is 0. The van der Waals surface area contributed by atoms with Crippen LogP contribution in [-0.4, -0.2) is 52.6 Å². The van der Waals surface area contributed by atoms with Crippen molar-refractivity contribution < 1.29 is 9.84 Å². The van der Waals surface area contributed by atoms with Crippen LogP contribution < -0.4 is 0 Å². The molecule has 0 radical (unpaired) electrons. The second-order valence-corrected chi connectivity index (χ2v) is 5.99. The molecule has 1 saturated heterocycles. The van der Waals surface area contributed by atoms with E-state index in [9.17, 15) is 5.11 Å². The minimum absolute atomic E-state index is 0.0656. The number of hydrogen-bond acceptors (Lipinski definition) is 4. The first-order chi connectivity index (χ1) is 8.45. The van der Waals surface area contributed by atoms with Crippen molar-refractivity contribution in [1.29, 1.82) is 0 Å². The largest absolute Gasteiger partial charge is 0.389 e. The SMILES string of the molecule is CC(C)(C)c1cc(CN2CCOC[C@H](O)C2)[nH]n1. The molecule has 1 atom stereocenters. The highest BCUT2D eigenvalue weighted by molar-refractivity contribution is 5.16. The van der Waals surface area contributed by atoms with Gasteiger partial charge in [0.05, 0.1) is 25.0 Å². The standard InChI is InChI=1S/C13H23N3O2/c1-13(2,3)12-6-10(14-15-12)7-16-4-5-18-9-11(17)8-16/h6,11,17H,4-5,7-9H2,1-3H3,(H,14,15)/t11-/m1/s1. The summed E-state index contributed by atoms with van der Waals surface area (Å²) in [7, 11) is 0. The van der Waals surface area contributed by atoms with Gasteiger partial charge in [0.2, 0.25) is 0 Å². The Kier molecular flexibility index (Phi) is 4.04. The van der Waals surface area contributed by atoms with Gasteiger partial charge in [0.25, 0.3) is 0 Å². The summed E-state index contributed by atoms with van der Waals surface area (Å²) in [6.45, 7) is 9.85. The van der Waals surface area contributed by atoms with E-state index in [-0.39, 0.29) is 5.41 Å². The Morgan fingerprint density at radius 3 is 3.00 bits per heavy atom. The molecule has 0 spiro atoms. The van der Waals surface area contributed by atoms with Crippen molar-refractivity contribution in [2.24, 2.45) is 0 Å². The number of β-amino-alcohol motifs (C(OH)–C–C–N with tert-alkyl or cyclic N) is 1. The molecule has 0 saturated carbocycles. The Labute approximate surface area is 108 Å². The van der Waals surface area contributed by atoms with Crippen molar-refractivity contribution in [1.82, 2.24) is 15.1 Å². The number of rotatable bonds is 2. The predicted octanol–water partition coefficient (Wildman–Crippen LogP) is 0.900. The average Bonchev–Trinajstić information content (AvgIpc) is 2.63. The van der Waals surface area contributed by atoms with Crippen LogP contribution in [0.4, 0.5) is 0 Å². The summed E-state index contributed by atoms with van der Waals surface area (Å²) < 4.78 is 5.32. The lowest BCUT2D eigenvalue weighted by molar-refractivity contribution is 0.0562. The molecule has 1 aliphatic heterocycles. The summed E-state index contributed by atoms with van der Waals surface area (Å²) in [6, 6.07) is 2.11. The van der Waals surface area contributed by atoms with Crippen LogP contribution in [0.25, 0.3) is 0 Å². The van der Waals surface area contributed by atoms with Crippen LogP contribution in [0.5, 0.6) is 0 Å². The van der Waals surface area contributed by atoms with E-state index in [4.69, 9.17) is 4.74 Å².